The van der Waals surface area contributed by atoms with Crippen LogP contribution in [0, 0.1) is 0 Å². The maximum atomic E-state index is 6.18. The Bertz CT molecular complexity index is 601. The molecule has 0 amide bonds. The van der Waals surface area contributed by atoms with Crippen molar-refractivity contribution in [2.75, 3.05) is 5.32 Å². The maximum Gasteiger partial charge on any atom is 0.138 e. The predicted octanol–water partition coefficient (Wildman–Crippen LogP) is 5.19. The lowest BCUT2D eigenvalue weighted by Crippen LogP contribution is -2.11. The highest BCUT2D eigenvalue weighted by Gasteiger charge is 2.15. The van der Waals surface area contributed by atoms with Gasteiger partial charge in [-0.25, -0.2) is 9.97 Å². The standard InChI is InChI=1S/C15H17BrClN3/c1-9(2)13-14(17)18-8-19-15(13)20-10(3)11-5-4-6-12(16)7-11/h4-10H,1-3H3,(H,18,19,20). The number of nitrogens with zero attached hydrogens (tertiary/aromatic N) is 2. The van der Waals surface area contributed by atoms with Crippen LogP contribution in [0.3, 0.4) is 0 Å². The lowest BCUT2D eigenvalue weighted by atomic mass is 10.0. The van der Waals surface area contributed by atoms with E-state index in [9.17, 15) is 0 Å². The van der Waals surface area contributed by atoms with Gasteiger partial charge in [0.2, 0.25) is 0 Å². The molecular weight excluding hydrogens is 338 g/mol. The third-order valence-corrected chi connectivity index (χ3v) is 3.91. The highest BCUT2D eigenvalue weighted by atomic mass is 79.9. The molecule has 5 heteroatoms. The zero-order valence-electron chi connectivity index (χ0n) is 11.7. The van der Waals surface area contributed by atoms with Gasteiger partial charge < -0.3 is 5.32 Å². The Morgan fingerprint density at radius 3 is 2.60 bits per heavy atom. The number of aromatic nitrogens is 2. The normalized spacial score (nSPS) is 12.5. The Morgan fingerprint density at radius 2 is 1.95 bits per heavy atom. The minimum Gasteiger partial charge on any atom is -0.363 e. The van der Waals surface area contributed by atoms with Gasteiger partial charge in [-0.2, -0.15) is 0 Å². The molecule has 3 nitrogen and oxygen atoms in total. The van der Waals surface area contributed by atoms with E-state index in [1.807, 2.05) is 12.1 Å². The molecular formula is C15H17BrClN3. The van der Waals surface area contributed by atoms with E-state index in [4.69, 9.17) is 11.6 Å². The molecule has 1 unspecified atom stereocenters. The molecule has 0 radical (unpaired) electrons. The monoisotopic (exact) mass is 353 g/mol. The summed E-state index contributed by atoms with van der Waals surface area (Å²) in [7, 11) is 0. The van der Waals surface area contributed by atoms with E-state index in [1.165, 1.54) is 11.9 Å². The molecule has 2 aromatic rings. The average Bonchev–Trinajstić information content (AvgIpc) is 2.38. The second-order valence-electron chi connectivity index (χ2n) is 5.00. The molecule has 0 saturated heterocycles. The Kier molecular flexibility index (Phi) is 5.00. The summed E-state index contributed by atoms with van der Waals surface area (Å²) in [5.74, 6) is 1.06. The van der Waals surface area contributed by atoms with Crippen molar-refractivity contribution in [3.05, 3.63) is 51.3 Å². The molecule has 0 aliphatic rings. The van der Waals surface area contributed by atoms with Crippen molar-refractivity contribution < 1.29 is 0 Å². The van der Waals surface area contributed by atoms with Crippen LogP contribution in [0.25, 0.3) is 0 Å². The molecule has 2 rings (SSSR count). The summed E-state index contributed by atoms with van der Waals surface area (Å²) in [5, 5.41) is 3.93. The van der Waals surface area contributed by atoms with Crippen molar-refractivity contribution in [1.29, 1.82) is 0 Å². The molecule has 20 heavy (non-hydrogen) atoms. The van der Waals surface area contributed by atoms with Gasteiger partial charge in [0.05, 0.1) is 0 Å². The van der Waals surface area contributed by atoms with Crippen LogP contribution in [0.4, 0.5) is 5.82 Å². The molecule has 0 spiro atoms. The van der Waals surface area contributed by atoms with E-state index in [2.05, 4.69) is 64.1 Å². The Labute approximate surface area is 132 Å². The van der Waals surface area contributed by atoms with Crippen molar-refractivity contribution in [3.63, 3.8) is 0 Å². The van der Waals surface area contributed by atoms with Crippen molar-refractivity contribution in [3.8, 4) is 0 Å². The van der Waals surface area contributed by atoms with Crippen LogP contribution in [0.1, 0.15) is 43.9 Å². The van der Waals surface area contributed by atoms with E-state index in [1.54, 1.807) is 0 Å². The third-order valence-electron chi connectivity index (χ3n) is 3.11. The van der Waals surface area contributed by atoms with Crippen LogP contribution in [-0.2, 0) is 0 Å². The Hall–Kier alpha value is -1.13. The predicted molar refractivity (Wildman–Crippen MR) is 87.3 cm³/mol. The minimum atomic E-state index is 0.135. The summed E-state index contributed by atoms with van der Waals surface area (Å²) in [4.78, 5) is 8.39. The number of benzene rings is 1. The van der Waals surface area contributed by atoms with Gasteiger partial charge in [-0.05, 0) is 30.5 Å². The van der Waals surface area contributed by atoms with Gasteiger partial charge in [0.25, 0.3) is 0 Å². The van der Waals surface area contributed by atoms with E-state index in [0.717, 1.165) is 15.9 Å². The zero-order valence-corrected chi connectivity index (χ0v) is 14.0. The second-order valence-corrected chi connectivity index (χ2v) is 6.28. The first-order chi connectivity index (χ1) is 9.49. The summed E-state index contributed by atoms with van der Waals surface area (Å²) in [5.41, 5.74) is 2.14. The first-order valence-corrected chi connectivity index (χ1v) is 7.68. The minimum absolute atomic E-state index is 0.135. The fraction of sp³-hybridized carbons (Fsp3) is 0.333. The Morgan fingerprint density at radius 1 is 1.20 bits per heavy atom. The van der Waals surface area contributed by atoms with Crippen molar-refractivity contribution in [2.24, 2.45) is 0 Å². The zero-order chi connectivity index (χ0) is 14.7. The summed E-state index contributed by atoms with van der Waals surface area (Å²) in [6.45, 7) is 6.26. The van der Waals surface area contributed by atoms with Crippen molar-refractivity contribution in [1.82, 2.24) is 9.97 Å². The smallest absolute Gasteiger partial charge is 0.138 e. The van der Waals surface area contributed by atoms with E-state index in [-0.39, 0.29) is 12.0 Å². The van der Waals surface area contributed by atoms with Gasteiger partial charge in [-0.1, -0.05) is 53.5 Å². The molecule has 0 saturated carbocycles. The number of hydrogen-bond acceptors (Lipinski definition) is 3. The van der Waals surface area contributed by atoms with Gasteiger partial charge in [-0.15, -0.1) is 0 Å². The molecule has 1 heterocycles. The highest BCUT2D eigenvalue weighted by molar-refractivity contribution is 9.10. The van der Waals surface area contributed by atoms with Crippen molar-refractivity contribution >= 4 is 33.3 Å². The average molecular weight is 355 g/mol. The summed E-state index contributed by atoms with van der Waals surface area (Å²) >= 11 is 9.67. The van der Waals surface area contributed by atoms with Crippen LogP contribution in [0.2, 0.25) is 5.15 Å². The van der Waals surface area contributed by atoms with Gasteiger partial charge in [0, 0.05) is 16.1 Å². The van der Waals surface area contributed by atoms with Crippen LogP contribution in [0.5, 0.6) is 0 Å². The summed E-state index contributed by atoms with van der Waals surface area (Å²) in [6.07, 6.45) is 1.49. The highest BCUT2D eigenvalue weighted by Crippen LogP contribution is 2.30. The number of nitrogens with one attached hydrogen (secondary N) is 1. The van der Waals surface area contributed by atoms with Crippen molar-refractivity contribution in [2.45, 2.75) is 32.7 Å². The molecule has 0 aliphatic carbocycles. The Balaban J connectivity index is 2.28. The first-order valence-electron chi connectivity index (χ1n) is 6.51. The fourth-order valence-electron chi connectivity index (χ4n) is 2.07. The molecule has 1 aromatic carbocycles. The largest absolute Gasteiger partial charge is 0.363 e. The van der Waals surface area contributed by atoms with Crippen LogP contribution in [0.15, 0.2) is 35.1 Å². The maximum absolute atomic E-state index is 6.18. The third kappa shape index (κ3) is 3.49. The fourth-order valence-corrected chi connectivity index (χ4v) is 2.83. The molecule has 1 N–H and O–H groups in total. The van der Waals surface area contributed by atoms with E-state index >= 15 is 0 Å². The summed E-state index contributed by atoms with van der Waals surface area (Å²) in [6, 6.07) is 8.34. The van der Waals surface area contributed by atoms with Gasteiger partial charge in [0.1, 0.15) is 17.3 Å². The molecule has 0 fully saturated rings. The lowest BCUT2D eigenvalue weighted by molar-refractivity contribution is 0.818. The second kappa shape index (κ2) is 6.55. The SMILES string of the molecule is CC(C)c1c(Cl)ncnc1NC(C)c1cccc(Br)c1. The number of rotatable bonds is 4. The number of anilines is 1. The lowest BCUT2D eigenvalue weighted by Gasteiger charge is -2.19. The van der Waals surface area contributed by atoms with Crippen LogP contribution in [-0.4, -0.2) is 9.97 Å². The quantitative estimate of drug-likeness (QED) is 0.768. The molecule has 106 valence electrons. The van der Waals surface area contributed by atoms with E-state index < -0.39 is 0 Å². The van der Waals surface area contributed by atoms with Crippen LogP contribution < -0.4 is 5.32 Å². The molecule has 1 aromatic heterocycles. The topological polar surface area (TPSA) is 37.8 Å². The number of halogens is 2. The molecule has 0 aliphatic heterocycles. The van der Waals surface area contributed by atoms with Crippen LogP contribution >= 0.6 is 27.5 Å². The summed E-state index contributed by atoms with van der Waals surface area (Å²) < 4.78 is 1.06. The van der Waals surface area contributed by atoms with Gasteiger partial charge in [-0.3, -0.25) is 0 Å². The molecule has 1 atom stereocenters. The van der Waals surface area contributed by atoms with E-state index in [0.29, 0.717) is 5.15 Å². The number of hydrogen-bond donors (Lipinski definition) is 1. The first kappa shape index (κ1) is 15.3. The molecule has 0 bridgehead atoms. The van der Waals surface area contributed by atoms with Gasteiger partial charge >= 0.3 is 0 Å². The van der Waals surface area contributed by atoms with Gasteiger partial charge in [0.15, 0.2) is 0 Å².